The quantitative estimate of drug-likeness (QED) is 0.0274. The van der Waals surface area contributed by atoms with E-state index in [1.807, 2.05) is 131 Å². The van der Waals surface area contributed by atoms with Gasteiger partial charge in [-0.25, -0.2) is 0 Å². The first-order valence-corrected chi connectivity index (χ1v) is 32.9. The van der Waals surface area contributed by atoms with Gasteiger partial charge in [0.25, 0.3) is 34.1 Å². The van der Waals surface area contributed by atoms with Crippen molar-refractivity contribution in [3.05, 3.63) is 382 Å². The number of fused-ring (bicyclic) bond motifs is 3. The molecule has 6 aromatic heterocycles. The number of aromatic nitrogens is 6. The predicted octanol–water partition coefficient (Wildman–Crippen LogP) is 17.7. The van der Waals surface area contributed by atoms with Crippen LogP contribution in [-0.4, -0.2) is 54.8 Å². The summed E-state index contributed by atoms with van der Waals surface area (Å²) in [7, 11) is 1.97. The van der Waals surface area contributed by atoms with Gasteiger partial charge in [-0.15, -0.1) is 0 Å². The monoisotopic (exact) mass is 1580 g/mol. The molecule has 5 N–H and O–H groups in total. The van der Waals surface area contributed by atoms with E-state index in [4.69, 9.17) is 22.5 Å². The van der Waals surface area contributed by atoms with Gasteiger partial charge in [-0.1, -0.05) is 87.1 Å². The molecule has 0 unspecified atom stereocenters. The van der Waals surface area contributed by atoms with Crippen molar-refractivity contribution >= 4 is 92.8 Å². The molecular weight excluding hydrogens is 1510 g/mol. The molecule has 0 saturated carbocycles. The first-order valence-electron chi connectivity index (χ1n) is 32.0. The Morgan fingerprint density at radius 2 is 0.580 bits per heavy atom. The number of nitrogens with zero attached hydrogens (tertiary/aromatic N) is 13. The number of nitrogens with two attached hydrogens (primary N) is 1. The van der Waals surface area contributed by atoms with Crippen molar-refractivity contribution in [2.75, 3.05) is 5.73 Å². The zero-order chi connectivity index (χ0) is 77.8. The molecular formula is C80H65ClN14O15PV+5. The van der Waals surface area contributed by atoms with E-state index in [1.54, 1.807) is 98.1 Å². The Morgan fingerprint density at radius 3 is 0.893 bits per heavy atom. The van der Waals surface area contributed by atoms with Gasteiger partial charge in [0, 0.05) is 143 Å². The van der Waals surface area contributed by atoms with Crippen LogP contribution in [0.15, 0.2) is 311 Å². The molecule has 15 rings (SSSR count). The molecule has 0 aliphatic rings. The van der Waals surface area contributed by atoms with Gasteiger partial charge in [0.1, 0.15) is 34.4 Å². The van der Waals surface area contributed by atoms with Gasteiger partial charge in [0.2, 0.25) is 11.4 Å². The molecule has 9 aromatic carbocycles. The van der Waals surface area contributed by atoms with Gasteiger partial charge in [-0.05, 0) is 100 Å². The van der Waals surface area contributed by atoms with Crippen molar-refractivity contribution in [1.82, 2.24) is 9.97 Å². The van der Waals surface area contributed by atoms with E-state index in [2.05, 4.69) is 55.5 Å². The molecule has 29 nitrogen and oxygen atoms in total. The molecule has 6 heterocycles. The number of aromatic hydroxyl groups is 3. The number of phenols is 3. The van der Waals surface area contributed by atoms with Crippen LogP contribution in [0.1, 0.15) is 14.9 Å². The van der Waals surface area contributed by atoms with E-state index in [9.17, 15) is 76.0 Å². The summed E-state index contributed by atoms with van der Waals surface area (Å²) < 4.78 is 7.04. The smallest absolute Gasteiger partial charge is 0.786 e. The van der Waals surface area contributed by atoms with E-state index in [0.29, 0.717) is 5.69 Å². The van der Waals surface area contributed by atoms with Crippen LogP contribution >= 0.6 is 20.6 Å². The topological polar surface area (TPSA) is 409 Å². The fraction of sp³-hybridized carbons (Fsp3) is 0.0250. The van der Waals surface area contributed by atoms with Crippen LogP contribution in [0.5, 0.6) is 17.2 Å². The Labute approximate surface area is 656 Å². The van der Waals surface area contributed by atoms with Crippen LogP contribution in [-0.2, 0) is 18.6 Å². The molecule has 1 radical (unpaired) electrons. The number of anilines is 1. The Hall–Kier alpha value is -14.8. The molecule has 0 atom stereocenters. The normalized spacial score (nSPS) is 10.1. The summed E-state index contributed by atoms with van der Waals surface area (Å²) in [6, 6.07) is 66.7. The molecule has 0 aliphatic carbocycles. The molecule has 112 heavy (non-hydrogen) atoms. The van der Waals surface area contributed by atoms with Crippen LogP contribution in [0.25, 0.3) is 93.6 Å². The summed E-state index contributed by atoms with van der Waals surface area (Å²) in [5.74, 6) is 0.853. The molecule has 0 fully saturated rings. The maximum absolute atomic E-state index is 11.4. The minimum Gasteiger partial charge on any atom is -0.786 e. The van der Waals surface area contributed by atoms with Gasteiger partial charge in [-0.2, -0.15) is 18.3 Å². The number of nitro benzene ring substituents is 6. The average molecular weight is 1580 g/mol. The third-order valence-electron chi connectivity index (χ3n) is 16.5. The fourth-order valence-corrected chi connectivity index (χ4v) is 11.4. The van der Waals surface area contributed by atoms with Crippen molar-refractivity contribution < 1.29 is 81.7 Å². The summed E-state index contributed by atoms with van der Waals surface area (Å²) in [4.78, 5) is 68.9. The number of non-ortho nitro benzene ring substituents is 3. The second-order valence-electron chi connectivity index (χ2n) is 23.0. The van der Waals surface area contributed by atoms with Crippen LogP contribution < -0.4 is 24.0 Å². The Bertz CT molecular complexity index is 5580. The molecule has 557 valence electrons. The number of hydrogen-bond donors (Lipinski definition) is 4. The predicted molar refractivity (Wildman–Crippen MR) is 422 cm³/mol. The van der Waals surface area contributed by atoms with Crippen molar-refractivity contribution in [2.45, 2.75) is 14.9 Å². The minimum absolute atomic E-state index is 0. The first kappa shape index (κ1) is 84.5. The third kappa shape index (κ3) is 20.3. The summed E-state index contributed by atoms with van der Waals surface area (Å²) >= 11 is 5.43. The number of hydrogen-bond acceptors (Lipinski definition) is 18. The number of halogens is 1. The second-order valence-corrected chi connectivity index (χ2v) is 23.4. The molecule has 0 amide bonds. The van der Waals surface area contributed by atoms with Crippen LogP contribution in [0, 0.1) is 60.7 Å². The number of pyridine rings is 6. The van der Waals surface area contributed by atoms with Crippen molar-refractivity contribution in [2.24, 2.45) is 0 Å². The minimum atomic E-state index is -0.769. The van der Waals surface area contributed by atoms with Crippen molar-refractivity contribution in [3.63, 3.8) is 0 Å². The standard InChI is InChI=1S/C30H20N2O2.C22H14N6O8.C10H8N2.C10H9NO.C6H3ClN2O4.2CH4.HNP.V/c33-29-11-3-5-23-25(29)7-1-9-27(23)31-17-13-21(14-18-31)22-15-19-32(20-16-22)28-10-2-8-26-24(28)6-4-12-30(26)34;29-25(30)17-1-3-19(21(13-17)27(33)34)23-9-5-15(6-10-23)16-7-11-24(12-8-16)20-4-2-18(26(31)32)14-22(20)28(35)36;1-5-11-6-2-9(1)10-3-7-12-8-4-10;11-9-5-1-4-8-7(9)3-2-6-10(8)12;7-5-2-1-4(8(10)11)3-6(5)9(12)13;;;1-2;/h1-20H;1-14H;1-8H;1-6,12H,11H2;1-3H;2*1H4;2H;/q;+2;;;;;;-1;+2/p+2. The largest absolute Gasteiger partial charge is 2.00 e. The maximum Gasteiger partial charge on any atom is 2.00 e. The third-order valence-corrected chi connectivity index (χ3v) is 16.9. The van der Waals surface area contributed by atoms with Crippen LogP contribution in [0.4, 0.5) is 39.8 Å². The molecule has 0 spiro atoms. The second kappa shape index (κ2) is 39.2. The Balaban J connectivity index is 0.000000209. The van der Waals surface area contributed by atoms with E-state index >= 15 is 0 Å². The van der Waals surface area contributed by atoms with Crippen LogP contribution in [0.2, 0.25) is 5.02 Å². The number of nitrogen functional groups attached to an aromatic ring is 1. The molecule has 32 heteroatoms. The van der Waals surface area contributed by atoms with E-state index in [-0.39, 0.29) is 72.7 Å². The van der Waals surface area contributed by atoms with Gasteiger partial charge >= 0.3 is 29.9 Å². The first-order chi connectivity index (χ1) is 52.6. The molecule has 0 bridgehead atoms. The Kier molecular flexibility index (Phi) is 29.6. The van der Waals surface area contributed by atoms with Gasteiger partial charge in [0.15, 0.2) is 49.6 Å². The van der Waals surface area contributed by atoms with Crippen molar-refractivity contribution in [1.29, 1.82) is 0 Å². The van der Waals surface area contributed by atoms with E-state index in [0.717, 1.165) is 96.3 Å². The Morgan fingerprint density at radius 1 is 0.321 bits per heavy atom. The van der Waals surface area contributed by atoms with Gasteiger partial charge < -0.3 is 26.2 Å². The molecule has 0 aliphatic heterocycles. The van der Waals surface area contributed by atoms with Crippen molar-refractivity contribution in [3.8, 4) is 73.4 Å². The summed E-state index contributed by atoms with van der Waals surface area (Å²) in [6.07, 6.45) is 21.6. The summed E-state index contributed by atoms with van der Waals surface area (Å²) in [5.41, 5.74) is 12.3. The fourth-order valence-electron chi connectivity index (χ4n) is 11.3. The SMILES string of the molecule is C.C.Nc1cccc2c(O)cccc12.O=[N+]([O-])c1ccc(-[n+]2ccc(-c3cc[n+](-c4ccc([N+](=O)[O-])cc4[N+](=O)[O-])cc3)cc2)c([N+](=O)[O-])c1.O=[N+]([O-])c1ccc(Cl)c([N+](=O)[O-])c1.Oc1cccc2c(-[n+]3ccc(-c4cc[n+](-c5cccc6c(O)cccc56)cc4)cc3)cccc12.[N-]=P.[V+2].c1cc(-c2ccncc2)ccn1. The van der Waals surface area contributed by atoms with Gasteiger partial charge in [0.05, 0.1) is 46.4 Å². The van der Waals surface area contributed by atoms with E-state index < -0.39 is 58.0 Å². The number of rotatable bonds is 13. The molecule has 15 aromatic rings. The number of nitro groups is 6. The van der Waals surface area contributed by atoms with Crippen LogP contribution in [0.3, 0.4) is 0 Å². The zero-order valence-corrected chi connectivity index (χ0v) is 60.1. The summed E-state index contributed by atoms with van der Waals surface area (Å²) in [5, 5.41) is 107. The van der Waals surface area contributed by atoms with E-state index in [1.165, 1.54) is 44.5 Å². The maximum atomic E-state index is 11.4. The average Bonchev–Trinajstić information content (AvgIpc) is 0.800. The number of benzene rings is 9. The summed E-state index contributed by atoms with van der Waals surface area (Å²) in [6.45, 7) is 0. The molecule has 0 saturated heterocycles. The van der Waals surface area contributed by atoms with Gasteiger partial charge in [-0.3, -0.25) is 79.7 Å². The number of phenolic OH excluding ortho intramolecular Hbond substituents is 3. The zero-order valence-electron chi connectivity index (χ0n) is 56.9.